The van der Waals surface area contributed by atoms with Crippen molar-refractivity contribution in [3.8, 4) is 23.0 Å². The van der Waals surface area contributed by atoms with Crippen LogP contribution in [-0.4, -0.2) is 68.8 Å². The van der Waals surface area contributed by atoms with Gasteiger partial charge in [-0.25, -0.2) is 4.90 Å². The number of benzene rings is 2. The molecule has 1 saturated heterocycles. The quantitative estimate of drug-likeness (QED) is 0.631. The molecule has 5 rings (SSSR count). The molecule has 0 unspecified atom stereocenters. The van der Waals surface area contributed by atoms with Gasteiger partial charge in [0.15, 0.2) is 35.1 Å². The van der Waals surface area contributed by atoms with Crippen molar-refractivity contribution in [1.82, 2.24) is 5.01 Å². The Morgan fingerprint density at radius 2 is 1.79 bits per heavy atom. The van der Waals surface area contributed by atoms with Gasteiger partial charge in [0.25, 0.3) is 11.8 Å². The monoisotopic (exact) mass is 467 g/mol. The second-order valence-corrected chi connectivity index (χ2v) is 7.65. The van der Waals surface area contributed by atoms with Gasteiger partial charge in [-0.15, -0.1) is 0 Å². The maximum Gasteiger partial charge on any atom is 0.263 e. The van der Waals surface area contributed by atoms with Gasteiger partial charge in [0, 0.05) is 17.8 Å². The number of methoxy groups -OCH3 is 2. The summed E-state index contributed by atoms with van der Waals surface area (Å²) in [6.07, 6.45) is 0. The molecule has 12 heteroatoms. The molecule has 0 aliphatic carbocycles. The Kier molecular flexibility index (Phi) is 5.40. The maximum atomic E-state index is 13.2. The fourth-order valence-corrected chi connectivity index (χ4v) is 4.04. The van der Waals surface area contributed by atoms with Gasteiger partial charge in [-0.2, -0.15) is 5.11 Å². The summed E-state index contributed by atoms with van der Waals surface area (Å²) < 4.78 is 21.5. The van der Waals surface area contributed by atoms with Crippen LogP contribution in [0.1, 0.15) is 0 Å². The lowest BCUT2D eigenvalue weighted by Crippen LogP contribution is -2.43. The second kappa shape index (κ2) is 8.54. The molecule has 0 spiro atoms. The Hall–Kier alpha value is -4.35. The van der Waals surface area contributed by atoms with Gasteiger partial charge in [-0.05, 0) is 24.3 Å². The first kappa shape index (κ1) is 21.5. The third-order valence-electron chi connectivity index (χ3n) is 5.61. The van der Waals surface area contributed by atoms with Crippen molar-refractivity contribution in [2.24, 2.45) is 10.3 Å². The Balaban J connectivity index is 1.29. The van der Waals surface area contributed by atoms with E-state index in [9.17, 15) is 14.4 Å². The number of rotatable bonds is 6. The zero-order chi connectivity index (χ0) is 23.8. The van der Waals surface area contributed by atoms with E-state index in [-0.39, 0.29) is 6.54 Å². The topological polar surface area (TPSA) is 131 Å². The highest BCUT2D eigenvalue weighted by molar-refractivity contribution is 6.25. The molecule has 12 nitrogen and oxygen atoms in total. The molecule has 0 saturated carbocycles. The molecular weight excluding hydrogens is 446 g/mol. The van der Waals surface area contributed by atoms with Gasteiger partial charge in [-0.1, -0.05) is 5.22 Å². The van der Waals surface area contributed by atoms with Crippen LogP contribution < -0.4 is 29.2 Å². The van der Waals surface area contributed by atoms with Crippen LogP contribution in [0.3, 0.4) is 0 Å². The minimum atomic E-state index is -1.03. The van der Waals surface area contributed by atoms with Gasteiger partial charge in [0.05, 0.1) is 19.9 Å². The van der Waals surface area contributed by atoms with Crippen LogP contribution in [0.4, 0.5) is 11.4 Å². The lowest BCUT2D eigenvalue weighted by molar-refractivity contribution is -0.123. The number of hydrogen-bond donors (Lipinski definition) is 1. The molecule has 0 bridgehead atoms. The predicted octanol–water partition coefficient (Wildman–Crippen LogP) is 1.41. The van der Waals surface area contributed by atoms with Gasteiger partial charge in [0.1, 0.15) is 19.8 Å². The van der Waals surface area contributed by atoms with E-state index >= 15 is 0 Å². The van der Waals surface area contributed by atoms with Crippen molar-refractivity contribution in [3.05, 3.63) is 36.4 Å². The molecule has 3 aliphatic rings. The first-order chi connectivity index (χ1) is 16.5. The first-order valence-corrected chi connectivity index (χ1v) is 10.5. The van der Waals surface area contributed by atoms with E-state index in [1.54, 1.807) is 30.3 Å². The van der Waals surface area contributed by atoms with Crippen LogP contribution in [0.2, 0.25) is 0 Å². The van der Waals surface area contributed by atoms with Crippen LogP contribution in [0.5, 0.6) is 23.0 Å². The molecule has 3 amide bonds. The zero-order valence-electron chi connectivity index (χ0n) is 18.4. The molecule has 2 atom stereocenters. The summed E-state index contributed by atoms with van der Waals surface area (Å²) in [4.78, 5) is 39.8. The van der Waals surface area contributed by atoms with Crippen molar-refractivity contribution >= 4 is 29.1 Å². The molecule has 1 fully saturated rings. The number of anilines is 2. The van der Waals surface area contributed by atoms with E-state index in [1.807, 2.05) is 0 Å². The molecule has 34 heavy (non-hydrogen) atoms. The average molecular weight is 467 g/mol. The Morgan fingerprint density at radius 3 is 2.56 bits per heavy atom. The minimum absolute atomic E-state index is 0.266. The van der Waals surface area contributed by atoms with E-state index in [2.05, 4.69) is 15.7 Å². The van der Waals surface area contributed by atoms with E-state index in [1.165, 1.54) is 25.3 Å². The normalized spacial score (nSPS) is 20.4. The smallest absolute Gasteiger partial charge is 0.263 e. The maximum absolute atomic E-state index is 13.2. The molecule has 2 aromatic rings. The van der Waals surface area contributed by atoms with Crippen LogP contribution in [0.15, 0.2) is 46.7 Å². The summed E-state index contributed by atoms with van der Waals surface area (Å²) in [5.74, 6) is 0.483. The highest BCUT2D eigenvalue weighted by Gasteiger charge is 2.55. The molecule has 0 aromatic heterocycles. The summed E-state index contributed by atoms with van der Waals surface area (Å²) in [6, 6.07) is 7.72. The summed E-state index contributed by atoms with van der Waals surface area (Å²) in [5.41, 5.74) is 0.820. The molecule has 1 N–H and O–H groups in total. The number of nitrogens with zero attached hydrogens (tertiary/aromatic N) is 4. The molecule has 0 radical (unpaired) electrons. The summed E-state index contributed by atoms with van der Waals surface area (Å²) in [5, 5.41) is 11.8. The van der Waals surface area contributed by atoms with Gasteiger partial charge in [0.2, 0.25) is 5.91 Å². The van der Waals surface area contributed by atoms with Crippen molar-refractivity contribution in [2.45, 2.75) is 12.1 Å². The van der Waals surface area contributed by atoms with Gasteiger partial charge >= 0.3 is 0 Å². The molecular formula is C22H21N5O7. The van der Waals surface area contributed by atoms with E-state index < -0.39 is 29.8 Å². The lowest BCUT2D eigenvalue weighted by Gasteiger charge is -2.21. The van der Waals surface area contributed by atoms with Crippen LogP contribution in [-0.2, 0) is 14.4 Å². The largest absolute Gasteiger partial charge is 0.493 e. The highest BCUT2D eigenvalue weighted by atomic mass is 16.6. The molecule has 176 valence electrons. The van der Waals surface area contributed by atoms with Gasteiger partial charge < -0.3 is 24.3 Å². The van der Waals surface area contributed by atoms with Crippen molar-refractivity contribution in [1.29, 1.82) is 0 Å². The van der Waals surface area contributed by atoms with Crippen LogP contribution in [0, 0.1) is 0 Å². The van der Waals surface area contributed by atoms with Gasteiger partial charge in [-0.3, -0.25) is 19.4 Å². The number of nitrogens with one attached hydrogen (secondary N) is 1. The first-order valence-electron chi connectivity index (χ1n) is 10.5. The molecule has 3 heterocycles. The molecule has 2 aromatic carbocycles. The second-order valence-electron chi connectivity index (χ2n) is 7.65. The standard InChI is InChI=1S/C22H21N5O7/c1-31-14-6-4-13(10-16(14)32-2)27-21(29)19-20(22(27)30)26(25-24-19)11-18(28)23-12-3-5-15-17(9-12)34-8-7-33-15/h3-6,9-10,19-20H,7-8,11H2,1-2H3,(H,23,28)/t19-,20+/m0/s1. The number of hydrogen-bond acceptors (Lipinski definition) is 10. The third-order valence-corrected chi connectivity index (χ3v) is 5.61. The fourth-order valence-electron chi connectivity index (χ4n) is 4.04. The summed E-state index contributed by atoms with van der Waals surface area (Å²) in [6.45, 7) is 0.626. The Bertz CT molecular complexity index is 1200. The average Bonchev–Trinajstić information content (AvgIpc) is 3.37. The van der Waals surface area contributed by atoms with Crippen molar-refractivity contribution in [3.63, 3.8) is 0 Å². The number of fused-ring (bicyclic) bond motifs is 2. The van der Waals surface area contributed by atoms with E-state index in [0.29, 0.717) is 47.6 Å². The minimum Gasteiger partial charge on any atom is -0.493 e. The summed E-state index contributed by atoms with van der Waals surface area (Å²) >= 11 is 0. The number of imide groups is 1. The van der Waals surface area contributed by atoms with Crippen molar-refractivity contribution in [2.75, 3.05) is 44.2 Å². The zero-order valence-corrected chi connectivity index (χ0v) is 18.4. The third kappa shape index (κ3) is 3.62. The highest BCUT2D eigenvalue weighted by Crippen LogP contribution is 2.37. The predicted molar refractivity (Wildman–Crippen MR) is 117 cm³/mol. The van der Waals surface area contributed by atoms with Crippen LogP contribution in [0.25, 0.3) is 0 Å². The fraction of sp³-hybridized carbons (Fsp3) is 0.318. The number of ether oxygens (including phenoxy) is 4. The van der Waals surface area contributed by atoms with E-state index in [4.69, 9.17) is 18.9 Å². The number of carbonyl (C=O) groups is 3. The number of amides is 3. The lowest BCUT2D eigenvalue weighted by atomic mass is 10.1. The Labute approximate surface area is 194 Å². The van der Waals surface area contributed by atoms with Crippen LogP contribution >= 0.6 is 0 Å². The van der Waals surface area contributed by atoms with E-state index in [0.717, 1.165) is 4.90 Å². The molecule has 3 aliphatic heterocycles. The summed E-state index contributed by atoms with van der Waals surface area (Å²) in [7, 11) is 2.95. The Morgan fingerprint density at radius 1 is 1.03 bits per heavy atom. The number of carbonyl (C=O) groups excluding carboxylic acids is 3. The SMILES string of the molecule is COc1ccc(N2C(=O)[C@H]3N=NN(CC(=O)Nc4ccc5c(c4)OCCO5)[C@H]3C2=O)cc1OC. The van der Waals surface area contributed by atoms with Crippen molar-refractivity contribution < 1.29 is 33.3 Å².